The normalized spacial score (nSPS) is 14.3. The van der Waals surface area contributed by atoms with Crippen molar-refractivity contribution in [3.8, 4) is 0 Å². The number of aromatic amines is 1. The molecule has 0 radical (unpaired) electrons. The van der Waals surface area contributed by atoms with E-state index in [1.807, 2.05) is 0 Å². The quantitative estimate of drug-likeness (QED) is 0.444. The number of rotatable bonds is 5. The number of hydrogen-bond acceptors (Lipinski definition) is 4. The maximum Gasteiger partial charge on any atom is 0.344 e. The van der Waals surface area contributed by atoms with E-state index in [2.05, 4.69) is 10.2 Å². The lowest BCUT2D eigenvalue weighted by molar-refractivity contribution is 0.627. The van der Waals surface area contributed by atoms with Gasteiger partial charge >= 0.3 is 5.69 Å². The Morgan fingerprint density at radius 3 is 3.00 bits per heavy atom. The number of H-pyrrole nitrogens is 1. The Morgan fingerprint density at radius 1 is 1.57 bits per heavy atom. The van der Waals surface area contributed by atoms with Crippen molar-refractivity contribution in [2.24, 2.45) is 5.73 Å². The number of halogens is 1. The second-order valence-corrected chi connectivity index (χ2v) is 5.86. The fourth-order valence-electron chi connectivity index (χ4n) is 2.11. The largest absolute Gasteiger partial charge is 0.384 e. The predicted octanol–water partition coefficient (Wildman–Crippen LogP) is 1.62. The molecule has 4 N–H and O–H groups in total. The fraction of sp³-hybridized carbons (Fsp3) is 0.308. The number of nitrogens with zero attached hydrogens (tertiary/aromatic N) is 2. The van der Waals surface area contributed by atoms with E-state index in [1.165, 1.54) is 23.9 Å². The lowest BCUT2D eigenvalue weighted by Gasteiger charge is -2.08. The van der Waals surface area contributed by atoms with E-state index >= 15 is 0 Å². The molecule has 1 fully saturated rings. The van der Waals surface area contributed by atoms with Gasteiger partial charge in [-0.15, -0.1) is 5.10 Å². The number of hydrogen-bond donors (Lipinski definition) is 3. The van der Waals surface area contributed by atoms with Gasteiger partial charge in [-0.05, 0) is 30.5 Å². The third-order valence-corrected chi connectivity index (χ3v) is 4.30. The molecule has 8 heteroatoms. The van der Waals surface area contributed by atoms with Gasteiger partial charge in [0, 0.05) is 17.4 Å². The zero-order valence-electron chi connectivity index (χ0n) is 11.1. The maximum atomic E-state index is 13.2. The number of nitrogens with two attached hydrogens (primary N) is 1. The van der Waals surface area contributed by atoms with Crippen LogP contribution in [-0.4, -0.2) is 20.6 Å². The molecule has 21 heavy (non-hydrogen) atoms. The van der Waals surface area contributed by atoms with E-state index in [0.717, 1.165) is 18.4 Å². The molecule has 1 saturated carbocycles. The van der Waals surface area contributed by atoms with Gasteiger partial charge in [0.2, 0.25) is 0 Å². The van der Waals surface area contributed by atoms with Crippen LogP contribution in [0, 0.1) is 11.2 Å². The molecule has 0 unspecified atom stereocenters. The van der Waals surface area contributed by atoms with Crippen molar-refractivity contribution >= 4 is 17.6 Å². The predicted molar refractivity (Wildman–Crippen MR) is 78.1 cm³/mol. The third-order valence-electron chi connectivity index (χ3n) is 3.30. The smallest absolute Gasteiger partial charge is 0.344 e. The van der Waals surface area contributed by atoms with Crippen LogP contribution >= 0.6 is 11.8 Å². The number of nitrogen functional groups attached to an aromatic ring is 1. The van der Waals surface area contributed by atoms with Crippen LogP contribution in [0.4, 0.5) is 4.39 Å². The van der Waals surface area contributed by atoms with Gasteiger partial charge in [-0.25, -0.2) is 14.3 Å². The van der Waals surface area contributed by atoms with Crippen molar-refractivity contribution in [3.05, 3.63) is 45.6 Å². The molecule has 0 amide bonds. The van der Waals surface area contributed by atoms with Gasteiger partial charge in [-0.3, -0.25) is 9.98 Å². The summed E-state index contributed by atoms with van der Waals surface area (Å²) in [7, 11) is 0. The Kier molecular flexibility index (Phi) is 3.54. The topological polar surface area (TPSA) is 101 Å². The molecule has 110 valence electrons. The van der Waals surface area contributed by atoms with Crippen molar-refractivity contribution in [2.75, 3.05) is 0 Å². The molecule has 0 aliphatic heterocycles. The lowest BCUT2D eigenvalue weighted by atomic mass is 10.1. The average Bonchev–Trinajstić information content (AvgIpc) is 3.21. The Labute approximate surface area is 124 Å². The highest BCUT2D eigenvalue weighted by atomic mass is 32.2. The summed E-state index contributed by atoms with van der Waals surface area (Å²) in [4.78, 5) is 11.7. The molecule has 1 aliphatic rings. The summed E-state index contributed by atoms with van der Waals surface area (Å²) < 4.78 is 14.9. The number of amidine groups is 1. The molecule has 0 saturated heterocycles. The Hall–Kier alpha value is -2.09. The highest BCUT2D eigenvalue weighted by Crippen LogP contribution is 2.36. The highest BCUT2D eigenvalue weighted by Gasteiger charge is 2.28. The van der Waals surface area contributed by atoms with E-state index in [4.69, 9.17) is 11.1 Å². The van der Waals surface area contributed by atoms with Crippen LogP contribution in [0.1, 0.15) is 30.0 Å². The van der Waals surface area contributed by atoms with Crippen LogP contribution in [0.3, 0.4) is 0 Å². The zero-order valence-corrected chi connectivity index (χ0v) is 11.9. The number of benzene rings is 1. The molecule has 0 spiro atoms. The summed E-state index contributed by atoms with van der Waals surface area (Å²) in [5.41, 5.74) is 6.39. The minimum atomic E-state index is -0.427. The highest BCUT2D eigenvalue weighted by molar-refractivity contribution is 7.98. The van der Waals surface area contributed by atoms with Gasteiger partial charge in [-0.1, -0.05) is 17.8 Å². The summed E-state index contributed by atoms with van der Waals surface area (Å²) in [5, 5.41) is 14.6. The van der Waals surface area contributed by atoms with Crippen molar-refractivity contribution in [1.29, 1.82) is 5.41 Å². The monoisotopic (exact) mass is 307 g/mol. The van der Waals surface area contributed by atoms with Gasteiger partial charge in [0.1, 0.15) is 11.7 Å². The van der Waals surface area contributed by atoms with Crippen LogP contribution < -0.4 is 11.4 Å². The number of aromatic nitrogens is 3. The van der Waals surface area contributed by atoms with Gasteiger partial charge in [0.25, 0.3) is 0 Å². The molecule has 1 aliphatic carbocycles. The molecule has 3 rings (SSSR count). The Balaban J connectivity index is 1.82. The molecular formula is C13H14FN5OS. The van der Waals surface area contributed by atoms with E-state index in [9.17, 15) is 9.18 Å². The van der Waals surface area contributed by atoms with Crippen molar-refractivity contribution < 1.29 is 4.39 Å². The van der Waals surface area contributed by atoms with Gasteiger partial charge < -0.3 is 5.73 Å². The molecule has 0 bridgehead atoms. The molecule has 0 atom stereocenters. The van der Waals surface area contributed by atoms with Crippen molar-refractivity contribution in [1.82, 2.24) is 14.8 Å². The van der Waals surface area contributed by atoms with Crippen LogP contribution in [-0.2, 0) is 5.75 Å². The minimum absolute atomic E-state index is 0.174. The van der Waals surface area contributed by atoms with E-state index < -0.39 is 5.82 Å². The standard InChI is InChI=1S/C13H14FN5OS/c14-8-2-1-7(10(5-8)11(15)16)6-21-13-18-17-12(20)19(13)9-3-4-9/h1-2,5,9H,3-4,6H2,(H3,15,16)(H,17,20). The third kappa shape index (κ3) is 2.85. The molecule has 1 aromatic heterocycles. The van der Waals surface area contributed by atoms with Crippen LogP contribution in [0.25, 0.3) is 0 Å². The zero-order chi connectivity index (χ0) is 15.0. The number of nitrogens with one attached hydrogen (secondary N) is 2. The van der Waals surface area contributed by atoms with Crippen LogP contribution in [0.15, 0.2) is 28.2 Å². The maximum absolute atomic E-state index is 13.2. The van der Waals surface area contributed by atoms with Gasteiger partial charge in [-0.2, -0.15) is 0 Å². The average molecular weight is 307 g/mol. The first-order chi connectivity index (χ1) is 10.1. The van der Waals surface area contributed by atoms with Crippen LogP contribution in [0.5, 0.6) is 0 Å². The summed E-state index contributed by atoms with van der Waals surface area (Å²) in [6, 6.07) is 4.42. The summed E-state index contributed by atoms with van der Waals surface area (Å²) in [6.07, 6.45) is 1.98. The molecule has 1 aromatic carbocycles. The van der Waals surface area contributed by atoms with Gasteiger partial charge in [0.15, 0.2) is 5.16 Å². The molecule has 6 nitrogen and oxygen atoms in total. The Bertz CT molecular complexity index is 749. The summed E-state index contributed by atoms with van der Waals surface area (Å²) in [5.74, 6) is -0.137. The van der Waals surface area contributed by atoms with Gasteiger partial charge in [0.05, 0.1) is 0 Å². The SMILES string of the molecule is N=C(N)c1cc(F)ccc1CSc1n[nH]c(=O)n1C1CC1. The summed E-state index contributed by atoms with van der Waals surface area (Å²) in [6.45, 7) is 0. The minimum Gasteiger partial charge on any atom is -0.384 e. The summed E-state index contributed by atoms with van der Waals surface area (Å²) >= 11 is 1.37. The van der Waals surface area contributed by atoms with Crippen molar-refractivity contribution in [2.45, 2.75) is 29.8 Å². The van der Waals surface area contributed by atoms with E-state index in [0.29, 0.717) is 16.5 Å². The molecule has 1 heterocycles. The van der Waals surface area contributed by atoms with Crippen molar-refractivity contribution in [3.63, 3.8) is 0 Å². The van der Waals surface area contributed by atoms with E-state index in [1.54, 1.807) is 10.6 Å². The first-order valence-electron chi connectivity index (χ1n) is 6.49. The lowest BCUT2D eigenvalue weighted by Crippen LogP contribution is -2.16. The second kappa shape index (κ2) is 5.36. The molecular weight excluding hydrogens is 293 g/mol. The van der Waals surface area contributed by atoms with E-state index in [-0.39, 0.29) is 17.6 Å². The second-order valence-electron chi connectivity index (χ2n) is 4.92. The van der Waals surface area contributed by atoms with Crippen LogP contribution in [0.2, 0.25) is 0 Å². The molecule has 2 aromatic rings. The number of thioether (sulfide) groups is 1. The Morgan fingerprint density at radius 2 is 2.33 bits per heavy atom. The first-order valence-corrected chi connectivity index (χ1v) is 7.47. The fourth-order valence-corrected chi connectivity index (χ4v) is 3.13. The first kappa shape index (κ1) is 13.9.